The second-order valence-corrected chi connectivity index (χ2v) is 6.29. The first-order valence-corrected chi connectivity index (χ1v) is 8.31. The first kappa shape index (κ1) is 16.9. The molecule has 1 aliphatic heterocycles. The Balaban J connectivity index is 1.94. The van der Waals surface area contributed by atoms with Crippen molar-refractivity contribution in [1.82, 2.24) is 4.90 Å². The molecule has 0 aliphatic carbocycles. The molecule has 1 saturated heterocycles. The summed E-state index contributed by atoms with van der Waals surface area (Å²) >= 11 is 0. The lowest BCUT2D eigenvalue weighted by Gasteiger charge is -2.33. The molecule has 3 heteroatoms. The van der Waals surface area contributed by atoms with Crippen LogP contribution in [-0.4, -0.2) is 30.2 Å². The second kappa shape index (κ2) is 8.25. The molecule has 1 heterocycles. The van der Waals surface area contributed by atoms with Crippen LogP contribution in [0.1, 0.15) is 50.7 Å². The molecule has 0 bridgehead atoms. The Labute approximate surface area is 134 Å². The van der Waals surface area contributed by atoms with E-state index in [1.54, 1.807) is 0 Å². The number of aliphatic imine (C=N–C) groups is 1. The van der Waals surface area contributed by atoms with Gasteiger partial charge in [0, 0.05) is 18.8 Å². The molecule has 1 aliphatic rings. The van der Waals surface area contributed by atoms with E-state index < -0.39 is 0 Å². The van der Waals surface area contributed by atoms with Crippen molar-refractivity contribution in [3.8, 4) is 0 Å². The Morgan fingerprint density at radius 2 is 1.95 bits per heavy atom. The maximum Gasteiger partial charge on any atom is 0.0500 e. The number of nitrogens with two attached hydrogens (primary N) is 1. The summed E-state index contributed by atoms with van der Waals surface area (Å²) in [4.78, 5) is 7.13. The number of hydrogen-bond donors (Lipinski definition) is 1. The van der Waals surface area contributed by atoms with E-state index in [-0.39, 0.29) is 0 Å². The zero-order valence-corrected chi connectivity index (χ0v) is 14.2. The molecule has 3 nitrogen and oxygen atoms in total. The van der Waals surface area contributed by atoms with Gasteiger partial charge in [0.25, 0.3) is 0 Å². The van der Waals surface area contributed by atoms with Gasteiger partial charge in [-0.05, 0) is 63.7 Å². The number of hydrogen-bond acceptors (Lipinski definition) is 3. The van der Waals surface area contributed by atoms with Gasteiger partial charge in [-0.25, -0.2) is 0 Å². The monoisotopic (exact) mass is 299 g/mol. The minimum atomic E-state index is 0.642. The van der Waals surface area contributed by atoms with Crippen LogP contribution in [0.4, 0.5) is 0 Å². The first-order valence-electron chi connectivity index (χ1n) is 8.31. The SMILES string of the molecule is C/C=C(/CN1CCC(c2ccccc2CN)CC1)N=C(C)C. The van der Waals surface area contributed by atoms with Crippen LogP contribution in [0.25, 0.3) is 0 Å². The third-order valence-electron chi connectivity index (χ3n) is 4.39. The average molecular weight is 299 g/mol. The maximum absolute atomic E-state index is 5.88. The number of allylic oxidation sites excluding steroid dienone is 1. The van der Waals surface area contributed by atoms with Crippen molar-refractivity contribution in [1.29, 1.82) is 0 Å². The topological polar surface area (TPSA) is 41.6 Å². The Bertz CT molecular complexity index is 533. The van der Waals surface area contributed by atoms with Crippen molar-refractivity contribution < 1.29 is 0 Å². The van der Waals surface area contributed by atoms with Gasteiger partial charge in [-0.2, -0.15) is 0 Å². The van der Waals surface area contributed by atoms with Crippen LogP contribution >= 0.6 is 0 Å². The van der Waals surface area contributed by atoms with Gasteiger partial charge >= 0.3 is 0 Å². The summed E-state index contributed by atoms with van der Waals surface area (Å²) in [6.45, 7) is 10.1. The highest BCUT2D eigenvalue weighted by Gasteiger charge is 2.22. The highest BCUT2D eigenvalue weighted by atomic mass is 15.1. The Hall–Kier alpha value is -1.45. The molecule has 0 aromatic heterocycles. The molecule has 2 rings (SSSR count). The van der Waals surface area contributed by atoms with Crippen molar-refractivity contribution in [2.75, 3.05) is 19.6 Å². The van der Waals surface area contributed by atoms with Crippen LogP contribution in [0.5, 0.6) is 0 Å². The summed E-state index contributed by atoms with van der Waals surface area (Å²) in [5.74, 6) is 0.654. The zero-order valence-electron chi connectivity index (χ0n) is 14.2. The van der Waals surface area contributed by atoms with Crippen LogP contribution in [0.2, 0.25) is 0 Å². The summed E-state index contributed by atoms with van der Waals surface area (Å²) in [5.41, 5.74) is 11.0. The minimum absolute atomic E-state index is 0.642. The van der Waals surface area contributed by atoms with E-state index in [1.807, 2.05) is 0 Å². The smallest absolute Gasteiger partial charge is 0.0500 e. The normalized spacial score (nSPS) is 17.5. The summed E-state index contributed by atoms with van der Waals surface area (Å²) in [5, 5.41) is 0. The zero-order chi connectivity index (χ0) is 15.9. The van der Waals surface area contributed by atoms with Crippen molar-refractivity contribution in [2.45, 2.75) is 46.1 Å². The Kier molecular flexibility index (Phi) is 6.34. The molecule has 0 amide bonds. The molecule has 0 saturated carbocycles. The Morgan fingerprint density at radius 3 is 2.55 bits per heavy atom. The number of likely N-dealkylation sites (tertiary alicyclic amines) is 1. The fourth-order valence-corrected chi connectivity index (χ4v) is 3.23. The van der Waals surface area contributed by atoms with Gasteiger partial charge in [0.15, 0.2) is 0 Å². The Morgan fingerprint density at radius 1 is 1.27 bits per heavy atom. The number of nitrogens with zero attached hydrogens (tertiary/aromatic N) is 2. The molecule has 120 valence electrons. The highest BCUT2D eigenvalue weighted by Crippen LogP contribution is 2.30. The van der Waals surface area contributed by atoms with E-state index in [4.69, 9.17) is 5.73 Å². The fourth-order valence-electron chi connectivity index (χ4n) is 3.23. The summed E-state index contributed by atoms with van der Waals surface area (Å²) < 4.78 is 0. The van der Waals surface area contributed by atoms with Crippen molar-refractivity contribution in [3.63, 3.8) is 0 Å². The molecule has 0 spiro atoms. The van der Waals surface area contributed by atoms with E-state index in [9.17, 15) is 0 Å². The number of piperidine rings is 1. The molecular weight excluding hydrogens is 270 g/mol. The highest BCUT2D eigenvalue weighted by molar-refractivity contribution is 5.80. The molecule has 0 unspecified atom stereocenters. The third-order valence-corrected chi connectivity index (χ3v) is 4.39. The average Bonchev–Trinajstić information content (AvgIpc) is 2.54. The van der Waals surface area contributed by atoms with Gasteiger partial charge < -0.3 is 5.73 Å². The second-order valence-electron chi connectivity index (χ2n) is 6.29. The van der Waals surface area contributed by atoms with E-state index >= 15 is 0 Å². The summed E-state index contributed by atoms with van der Waals surface area (Å²) in [6, 6.07) is 8.64. The first-order chi connectivity index (χ1) is 10.6. The van der Waals surface area contributed by atoms with E-state index in [0.29, 0.717) is 12.5 Å². The van der Waals surface area contributed by atoms with Crippen LogP contribution in [0.3, 0.4) is 0 Å². The standard InChI is InChI=1S/C19H29N3/c1-4-18(21-15(2)3)14-22-11-9-16(10-12-22)19-8-6-5-7-17(19)13-20/h4-8,16H,9-14,20H2,1-3H3/b18-4-. The van der Waals surface area contributed by atoms with Crippen LogP contribution < -0.4 is 5.73 Å². The summed E-state index contributed by atoms with van der Waals surface area (Å²) in [6.07, 6.45) is 4.55. The molecule has 22 heavy (non-hydrogen) atoms. The van der Waals surface area contributed by atoms with Gasteiger partial charge in [-0.1, -0.05) is 30.3 Å². The molecule has 1 aromatic rings. The molecule has 2 N–H and O–H groups in total. The molecule has 0 atom stereocenters. The quantitative estimate of drug-likeness (QED) is 0.842. The number of benzene rings is 1. The van der Waals surface area contributed by atoms with E-state index in [2.05, 4.69) is 61.0 Å². The largest absolute Gasteiger partial charge is 0.326 e. The third kappa shape index (κ3) is 4.52. The van der Waals surface area contributed by atoms with Crippen molar-refractivity contribution in [3.05, 3.63) is 47.2 Å². The van der Waals surface area contributed by atoms with Gasteiger partial charge in [0.05, 0.1) is 5.70 Å². The molecule has 0 radical (unpaired) electrons. The predicted octanol–water partition coefficient (Wildman–Crippen LogP) is 3.71. The predicted molar refractivity (Wildman–Crippen MR) is 95.3 cm³/mol. The van der Waals surface area contributed by atoms with Gasteiger partial charge in [-0.3, -0.25) is 9.89 Å². The van der Waals surface area contributed by atoms with E-state index in [0.717, 1.165) is 25.3 Å². The van der Waals surface area contributed by atoms with Gasteiger partial charge in [-0.15, -0.1) is 0 Å². The van der Waals surface area contributed by atoms with Crippen molar-refractivity contribution >= 4 is 5.71 Å². The van der Waals surface area contributed by atoms with Crippen LogP contribution in [0, 0.1) is 0 Å². The fraction of sp³-hybridized carbons (Fsp3) is 0.526. The summed E-state index contributed by atoms with van der Waals surface area (Å²) in [7, 11) is 0. The van der Waals surface area contributed by atoms with Crippen LogP contribution in [0.15, 0.2) is 41.0 Å². The van der Waals surface area contributed by atoms with Gasteiger partial charge in [0.2, 0.25) is 0 Å². The molecule has 1 aromatic carbocycles. The molecule has 1 fully saturated rings. The lowest BCUT2D eigenvalue weighted by Crippen LogP contribution is -2.34. The van der Waals surface area contributed by atoms with Crippen molar-refractivity contribution in [2.24, 2.45) is 10.7 Å². The minimum Gasteiger partial charge on any atom is -0.326 e. The maximum atomic E-state index is 5.88. The number of rotatable bonds is 5. The lowest BCUT2D eigenvalue weighted by molar-refractivity contribution is 0.227. The molecular formula is C19H29N3. The van der Waals surface area contributed by atoms with Crippen LogP contribution in [-0.2, 0) is 6.54 Å². The lowest BCUT2D eigenvalue weighted by atomic mass is 9.86. The van der Waals surface area contributed by atoms with E-state index in [1.165, 1.54) is 29.7 Å². The van der Waals surface area contributed by atoms with Gasteiger partial charge in [0.1, 0.15) is 0 Å².